The molecule has 0 bridgehead atoms. The number of piperidine rings is 1. The smallest absolute Gasteiger partial charge is 0.275 e. The Bertz CT molecular complexity index is 1010. The SMILES string of the molecule is CC1CCN(c2cc(-n3cnc(C(=O)Nc4cc(F)cc(F)c4)c3)ncn2)CC1. The van der Waals surface area contributed by atoms with Gasteiger partial charge in [-0.25, -0.2) is 23.7 Å². The summed E-state index contributed by atoms with van der Waals surface area (Å²) in [7, 11) is 0. The van der Waals surface area contributed by atoms with Crippen molar-refractivity contribution in [2.45, 2.75) is 19.8 Å². The molecule has 3 aromatic rings. The summed E-state index contributed by atoms with van der Waals surface area (Å²) in [4.78, 5) is 27.3. The molecule has 1 aliphatic rings. The van der Waals surface area contributed by atoms with E-state index in [9.17, 15) is 13.6 Å². The lowest BCUT2D eigenvalue weighted by Gasteiger charge is -2.31. The van der Waals surface area contributed by atoms with Crippen molar-refractivity contribution >= 4 is 17.4 Å². The standard InChI is InChI=1S/C20H20F2N6O/c1-13-2-4-27(5-3-13)18-9-19(24-11-23-18)28-10-17(25-12-28)20(29)26-16-7-14(21)6-15(22)8-16/h6-13H,2-5H2,1H3,(H,26,29). The Morgan fingerprint density at radius 2 is 1.72 bits per heavy atom. The maximum Gasteiger partial charge on any atom is 0.275 e. The Balaban J connectivity index is 1.50. The number of nitrogens with zero attached hydrogens (tertiary/aromatic N) is 5. The number of hydrogen-bond donors (Lipinski definition) is 1. The number of nitrogens with one attached hydrogen (secondary N) is 1. The van der Waals surface area contributed by atoms with Gasteiger partial charge in [0.25, 0.3) is 5.91 Å². The van der Waals surface area contributed by atoms with E-state index in [2.05, 4.69) is 32.1 Å². The molecule has 3 heterocycles. The molecule has 29 heavy (non-hydrogen) atoms. The van der Waals surface area contributed by atoms with Crippen molar-refractivity contribution in [3.05, 3.63) is 60.4 Å². The Morgan fingerprint density at radius 3 is 2.45 bits per heavy atom. The molecular formula is C20H20F2N6O. The third-order valence-electron chi connectivity index (χ3n) is 4.95. The molecule has 1 amide bonds. The quantitative estimate of drug-likeness (QED) is 0.729. The summed E-state index contributed by atoms with van der Waals surface area (Å²) in [5.41, 5.74) is 0.118. The van der Waals surface area contributed by atoms with Gasteiger partial charge in [-0.15, -0.1) is 0 Å². The largest absolute Gasteiger partial charge is 0.356 e. The molecule has 0 atom stereocenters. The summed E-state index contributed by atoms with van der Waals surface area (Å²) < 4.78 is 28.2. The van der Waals surface area contributed by atoms with Gasteiger partial charge < -0.3 is 10.2 Å². The molecule has 150 valence electrons. The Morgan fingerprint density at radius 1 is 1.03 bits per heavy atom. The van der Waals surface area contributed by atoms with Gasteiger partial charge in [-0.1, -0.05) is 6.92 Å². The molecule has 1 fully saturated rings. The second kappa shape index (κ2) is 7.94. The van der Waals surface area contributed by atoms with Gasteiger partial charge in [0.05, 0.1) is 0 Å². The van der Waals surface area contributed by atoms with Crippen LogP contribution in [0.1, 0.15) is 30.3 Å². The van der Waals surface area contributed by atoms with Crippen LogP contribution in [0, 0.1) is 17.6 Å². The van der Waals surface area contributed by atoms with Crippen LogP contribution in [0.5, 0.6) is 0 Å². The fraction of sp³-hybridized carbons (Fsp3) is 0.300. The van der Waals surface area contributed by atoms with Crippen molar-refractivity contribution in [2.24, 2.45) is 5.92 Å². The number of carbonyl (C=O) groups excluding carboxylic acids is 1. The minimum absolute atomic E-state index is 0.0192. The molecule has 9 heteroatoms. The first-order chi connectivity index (χ1) is 14.0. The highest BCUT2D eigenvalue weighted by Crippen LogP contribution is 2.22. The summed E-state index contributed by atoms with van der Waals surface area (Å²) in [5, 5.41) is 2.44. The third kappa shape index (κ3) is 4.39. The molecule has 1 aliphatic heterocycles. The van der Waals surface area contributed by atoms with E-state index in [1.807, 2.05) is 6.07 Å². The van der Waals surface area contributed by atoms with E-state index in [0.29, 0.717) is 11.7 Å². The minimum Gasteiger partial charge on any atom is -0.356 e. The summed E-state index contributed by atoms with van der Waals surface area (Å²) >= 11 is 0. The summed E-state index contributed by atoms with van der Waals surface area (Å²) in [6.45, 7) is 4.14. The zero-order chi connectivity index (χ0) is 20.4. The Labute approximate surface area is 166 Å². The lowest BCUT2D eigenvalue weighted by atomic mass is 9.99. The fourth-order valence-electron chi connectivity index (χ4n) is 3.28. The summed E-state index contributed by atoms with van der Waals surface area (Å²) in [6, 6.07) is 4.66. The van der Waals surface area contributed by atoms with Gasteiger partial charge in [-0.2, -0.15) is 0 Å². The first kappa shape index (κ1) is 19.0. The van der Waals surface area contributed by atoms with E-state index in [4.69, 9.17) is 0 Å². The van der Waals surface area contributed by atoms with Crippen LogP contribution in [0.2, 0.25) is 0 Å². The van der Waals surface area contributed by atoms with Gasteiger partial charge in [0.2, 0.25) is 0 Å². The number of rotatable bonds is 4. The number of aromatic nitrogens is 4. The molecule has 0 unspecified atom stereocenters. The van der Waals surface area contributed by atoms with E-state index in [1.54, 1.807) is 4.57 Å². The maximum absolute atomic E-state index is 13.3. The highest BCUT2D eigenvalue weighted by atomic mass is 19.1. The van der Waals surface area contributed by atoms with Gasteiger partial charge in [0, 0.05) is 37.1 Å². The third-order valence-corrected chi connectivity index (χ3v) is 4.95. The van der Waals surface area contributed by atoms with Crippen LogP contribution < -0.4 is 10.2 Å². The predicted molar refractivity (Wildman–Crippen MR) is 104 cm³/mol. The van der Waals surface area contributed by atoms with Gasteiger partial charge in [-0.3, -0.25) is 9.36 Å². The van der Waals surface area contributed by atoms with Gasteiger partial charge in [-0.05, 0) is 30.9 Å². The Kier molecular flexibility index (Phi) is 5.20. The highest BCUT2D eigenvalue weighted by molar-refractivity contribution is 6.02. The second-order valence-electron chi connectivity index (χ2n) is 7.18. The fourth-order valence-corrected chi connectivity index (χ4v) is 3.28. The van der Waals surface area contributed by atoms with Crippen LogP contribution in [0.4, 0.5) is 20.3 Å². The first-order valence-corrected chi connectivity index (χ1v) is 9.37. The van der Waals surface area contributed by atoms with Crippen LogP contribution in [0.15, 0.2) is 43.1 Å². The van der Waals surface area contributed by atoms with Gasteiger partial charge in [0.15, 0.2) is 0 Å². The number of halogens is 2. The molecule has 1 N–H and O–H groups in total. The van der Waals surface area contributed by atoms with Crippen LogP contribution >= 0.6 is 0 Å². The number of carbonyl (C=O) groups is 1. The van der Waals surface area contributed by atoms with Crippen molar-refractivity contribution in [3.8, 4) is 5.82 Å². The van der Waals surface area contributed by atoms with Crippen LogP contribution in [0.25, 0.3) is 5.82 Å². The molecule has 7 nitrogen and oxygen atoms in total. The summed E-state index contributed by atoms with van der Waals surface area (Å²) in [6.07, 6.45) is 6.70. The van der Waals surface area contributed by atoms with Crippen molar-refractivity contribution < 1.29 is 13.6 Å². The van der Waals surface area contributed by atoms with Crippen LogP contribution in [0.3, 0.4) is 0 Å². The molecule has 0 radical (unpaired) electrons. The lowest BCUT2D eigenvalue weighted by molar-refractivity contribution is 0.102. The molecule has 0 aliphatic carbocycles. The van der Waals surface area contributed by atoms with E-state index >= 15 is 0 Å². The topological polar surface area (TPSA) is 75.9 Å². The predicted octanol–water partition coefficient (Wildman–Crippen LogP) is 3.43. The normalized spacial score (nSPS) is 14.8. The van der Waals surface area contributed by atoms with Crippen molar-refractivity contribution in [3.63, 3.8) is 0 Å². The van der Waals surface area contributed by atoms with E-state index in [0.717, 1.165) is 49.9 Å². The Hall–Kier alpha value is -3.36. The number of anilines is 2. The molecular weight excluding hydrogens is 378 g/mol. The van der Waals surface area contributed by atoms with Crippen molar-refractivity contribution in [1.29, 1.82) is 0 Å². The first-order valence-electron chi connectivity index (χ1n) is 9.37. The summed E-state index contributed by atoms with van der Waals surface area (Å²) in [5.74, 6) is 0.00796. The number of benzene rings is 1. The van der Waals surface area contributed by atoms with E-state index in [1.165, 1.54) is 18.9 Å². The molecule has 0 spiro atoms. The number of amides is 1. The highest BCUT2D eigenvalue weighted by Gasteiger charge is 2.18. The zero-order valence-corrected chi connectivity index (χ0v) is 15.8. The van der Waals surface area contributed by atoms with Gasteiger partial charge >= 0.3 is 0 Å². The average Bonchev–Trinajstić information content (AvgIpc) is 3.18. The van der Waals surface area contributed by atoms with Crippen molar-refractivity contribution in [2.75, 3.05) is 23.3 Å². The molecule has 1 saturated heterocycles. The number of hydrogen-bond acceptors (Lipinski definition) is 5. The lowest BCUT2D eigenvalue weighted by Crippen LogP contribution is -2.33. The average molecular weight is 398 g/mol. The zero-order valence-electron chi connectivity index (χ0n) is 15.8. The molecule has 0 saturated carbocycles. The van der Waals surface area contributed by atoms with Gasteiger partial charge in [0.1, 0.15) is 41.6 Å². The maximum atomic E-state index is 13.3. The molecule has 2 aromatic heterocycles. The minimum atomic E-state index is -0.772. The van der Waals surface area contributed by atoms with Crippen LogP contribution in [-0.2, 0) is 0 Å². The molecule has 1 aromatic carbocycles. The van der Waals surface area contributed by atoms with Crippen molar-refractivity contribution in [1.82, 2.24) is 19.5 Å². The van der Waals surface area contributed by atoms with E-state index < -0.39 is 17.5 Å². The molecule has 4 rings (SSSR count). The number of imidazole rings is 1. The second-order valence-corrected chi connectivity index (χ2v) is 7.18. The van der Waals surface area contributed by atoms with Crippen LogP contribution in [-0.4, -0.2) is 38.5 Å². The van der Waals surface area contributed by atoms with E-state index in [-0.39, 0.29) is 11.4 Å². The monoisotopic (exact) mass is 398 g/mol.